The van der Waals surface area contributed by atoms with Crippen molar-refractivity contribution in [3.8, 4) is 89.5 Å². The van der Waals surface area contributed by atoms with Crippen LogP contribution in [0.15, 0.2) is 207 Å². The van der Waals surface area contributed by atoms with E-state index in [2.05, 4.69) is 109 Å². The van der Waals surface area contributed by atoms with E-state index in [-0.39, 0.29) is 0 Å². The molecule has 9 aromatic rings. The summed E-state index contributed by atoms with van der Waals surface area (Å²) in [5, 5.41) is 0. The minimum absolute atomic E-state index is 0.928. The number of hydrogen-bond acceptors (Lipinski definition) is 4. The third kappa shape index (κ3) is 6.72. The van der Waals surface area contributed by atoms with E-state index in [1.165, 1.54) is 0 Å². The molecule has 0 N–H and O–H groups in total. The van der Waals surface area contributed by atoms with Gasteiger partial charge < -0.3 is 0 Å². The first-order valence-corrected chi connectivity index (χ1v) is 18.0. The molecule has 5 aromatic carbocycles. The first kappa shape index (κ1) is 32.6. The second-order valence-corrected chi connectivity index (χ2v) is 13.1. The molecule has 0 radical (unpaired) electrons. The maximum absolute atomic E-state index is 4.94. The van der Waals surface area contributed by atoms with Gasteiger partial charge in [-0.3, -0.25) is 19.9 Å². The van der Waals surface area contributed by atoms with E-state index in [1.54, 1.807) is 0 Å². The van der Waals surface area contributed by atoms with E-state index < -0.39 is 0 Å². The van der Waals surface area contributed by atoms with Crippen LogP contribution in [0.3, 0.4) is 0 Å². The molecule has 0 amide bonds. The van der Waals surface area contributed by atoms with Gasteiger partial charge in [0.1, 0.15) is 0 Å². The average Bonchev–Trinajstić information content (AvgIpc) is 3.27. The summed E-state index contributed by atoms with van der Waals surface area (Å²) in [6, 6.07) is 62.7. The van der Waals surface area contributed by atoms with Gasteiger partial charge in [-0.15, -0.1) is 0 Å². The number of nitrogens with zero attached hydrogens (tertiary/aromatic N) is 4. The Morgan fingerprint density at radius 1 is 0.204 bits per heavy atom. The van der Waals surface area contributed by atoms with E-state index in [1.807, 2.05) is 97.6 Å². The van der Waals surface area contributed by atoms with Crippen LogP contribution in [0.2, 0.25) is 0 Å². The summed E-state index contributed by atoms with van der Waals surface area (Å²) in [4.78, 5) is 19.8. The van der Waals surface area contributed by atoms with Gasteiger partial charge >= 0.3 is 0 Å². The molecule has 4 aromatic heterocycles. The van der Waals surface area contributed by atoms with Crippen molar-refractivity contribution in [3.63, 3.8) is 0 Å². The van der Waals surface area contributed by atoms with Gasteiger partial charge in [-0.1, -0.05) is 146 Å². The number of hydrogen-bond donors (Lipinski definition) is 0. The molecular weight excluding hydrogens is 657 g/mol. The monoisotopic (exact) mass is 690 g/mol. The molecule has 0 fully saturated rings. The van der Waals surface area contributed by atoms with Gasteiger partial charge in [0.25, 0.3) is 0 Å². The van der Waals surface area contributed by atoms with Gasteiger partial charge in [-0.2, -0.15) is 0 Å². The molecule has 0 unspecified atom stereocenters. The largest absolute Gasteiger partial charge is 0.256 e. The van der Waals surface area contributed by atoms with Crippen LogP contribution in [-0.2, 0) is 0 Å². The molecular formula is C50H34N4. The number of aromatic nitrogens is 4. The Bertz CT molecular complexity index is 2250. The van der Waals surface area contributed by atoms with Gasteiger partial charge in [0.15, 0.2) is 0 Å². The van der Waals surface area contributed by atoms with Crippen LogP contribution in [-0.4, -0.2) is 19.9 Å². The standard InChI is InChI=1S/C50H34N4/c1-5-13-35(14-6-1)47-25-21-39(31-51-47)43-29-45(41-23-27-49(53-33-41)37-17-9-3-10-18-37)46(42-24-28-50(54-34-42)38-19-11-4-12-20-38)30-44(43)40-22-26-48(52-32-40)36-15-7-2-8-16-36/h1-34H. The fourth-order valence-electron chi connectivity index (χ4n) is 6.89. The van der Waals surface area contributed by atoms with Gasteiger partial charge in [0.2, 0.25) is 0 Å². The van der Waals surface area contributed by atoms with Crippen LogP contribution in [0.1, 0.15) is 0 Å². The van der Waals surface area contributed by atoms with Crippen molar-refractivity contribution >= 4 is 0 Å². The molecule has 0 saturated heterocycles. The van der Waals surface area contributed by atoms with E-state index in [4.69, 9.17) is 19.9 Å². The van der Waals surface area contributed by atoms with E-state index in [0.717, 1.165) is 89.5 Å². The molecule has 0 aliphatic heterocycles. The van der Waals surface area contributed by atoms with E-state index in [0.29, 0.717) is 0 Å². The van der Waals surface area contributed by atoms with Crippen LogP contribution in [0, 0.1) is 0 Å². The molecule has 254 valence electrons. The fraction of sp³-hybridized carbons (Fsp3) is 0. The van der Waals surface area contributed by atoms with Crippen molar-refractivity contribution in [1.82, 2.24) is 19.9 Å². The maximum atomic E-state index is 4.94. The highest BCUT2D eigenvalue weighted by atomic mass is 14.7. The summed E-state index contributed by atoms with van der Waals surface area (Å²) in [5.74, 6) is 0. The fourth-order valence-corrected chi connectivity index (χ4v) is 6.89. The molecule has 4 heterocycles. The van der Waals surface area contributed by atoms with Crippen molar-refractivity contribution in [2.75, 3.05) is 0 Å². The van der Waals surface area contributed by atoms with Crippen molar-refractivity contribution in [1.29, 1.82) is 0 Å². The summed E-state index contributed by atoms with van der Waals surface area (Å²) in [6.07, 6.45) is 7.90. The second-order valence-electron chi connectivity index (χ2n) is 13.1. The maximum Gasteiger partial charge on any atom is 0.0702 e. The molecule has 0 aliphatic rings. The van der Waals surface area contributed by atoms with Crippen LogP contribution < -0.4 is 0 Å². The molecule has 4 heteroatoms. The Kier molecular flexibility index (Phi) is 8.90. The van der Waals surface area contributed by atoms with Crippen molar-refractivity contribution < 1.29 is 0 Å². The first-order valence-electron chi connectivity index (χ1n) is 18.0. The lowest BCUT2D eigenvalue weighted by molar-refractivity contribution is 1.31. The van der Waals surface area contributed by atoms with Crippen LogP contribution >= 0.6 is 0 Å². The molecule has 0 saturated carbocycles. The van der Waals surface area contributed by atoms with Crippen molar-refractivity contribution in [3.05, 3.63) is 207 Å². The summed E-state index contributed by atoms with van der Waals surface area (Å²) >= 11 is 0. The first-order chi connectivity index (χ1) is 26.8. The van der Waals surface area contributed by atoms with Gasteiger partial charge in [0, 0.05) is 69.3 Å². The summed E-state index contributed by atoms with van der Waals surface area (Å²) < 4.78 is 0. The van der Waals surface area contributed by atoms with Crippen LogP contribution in [0.4, 0.5) is 0 Å². The smallest absolute Gasteiger partial charge is 0.0702 e. The zero-order chi connectivity index (χ0) is 36.1. The number of benzene rings is 5. The zero-order valence-corrected chi connectivity index (χ0v) is 29.4. The Hall–Kier alpha value is -7.30. The molecule has 0 aliphatic carbocycles. The minimum Gasteiger partial charge on any atom is -0.256 e. The third-order valence-electron chi connectivity index (χ3n) is 9.73. The molecule has 4 nitrogen and oxygen atoms in total. The van der Waals surface area contributed by atoms with Gasteiger partial charge in [-0.05, 0) is 58.7 Å². The van der Waals surface area contributed by atoms with Crippen LogP contribution in [0.25, 0.3) is 89.5 Å². The summed E-state index contributed by atoms with van der Waals surface area (Å²) in [5.41, 5.74) is 16.3. The predicted octanol–water partition coefficient (Wildman–Crippen LogP) is 12.6. The average molecular weight is 691 g/mol. The normalized spacial score (nSPS) is 11.0. The summed E-state index contributed by atoms with van der Waals surface area (Å²) in [7, 11) is 0. The Morgan fingerprint density at radius 2 is 0.426 bits per heavy atom. The Labute approximate surface area is 315 Å². The van der Waals surface area contributed by atoms with Gasteiger partial charge in [0.05, 0.1) is 22.8 Å². The molecule has 54 heavy (non-hydrogen) atoms. The van der Waals surface area contributed by atoms with Gasteiger partial charge in [-0.25, -0.2) is 0 Å². The Balaban J connectivity index is 1.23. The lowest BCUT2D eigenvalue weighted by Gasteiger charge is -2.18. The zero-order valence-electron chi connectivity index (χ0n) is 29.4. The summed E-state index contributed by atoms with van der Waals surface area (Å²) in [6.45, 7) is 0. The highest BCUT2D eigenvalue weighted by molar-refractivity contribution is 5.95. The SMILES string of the molecule is c1ccc(-c2ccc(-c3cc(-c4ccc(-c5ccccc5)nc4)c(-c4ccc(-c5ccccc5)nc4)cc3-c3ccc(-c4ccccc4)nc3)cn2)cc1. The lowest BCUT2D eigenvalue weighted by Crippen LogP contribution is -1.95. The van der Waals surface area contributed by atoms with Crippen molar-refractivity contribution in [2.24, 2.45) is 0 Å². The highest BCUT2D eigenvalue weighted by Gasteiger charge is 2.18. The lowest BCUT2D eigenvalue weighted by atomic mass is 9.86. The van der Waals surface area contributed by atoms with E-state index in [9.17, 15) is 0 Å². The highest BCUT2D eigenvalue weighted by Crippen LogP contribution is 2.42. The molecule has 0 spiro atoms. The number of pyridine rings is 4. The predicted molar refractivity (Wildman–Crippen MR) is 221 cm³/mol. The topological polar surface area (TPSA) is 51.6 Å². The van der Waals surface area contributed by atoms with Crippen LogP contribution in [0.5, 0.6) is 0 Å². The third-order valence-corrected chi connectivity index (χ3v) is 9.73. The Morgan fingerprint density at radius 3 is 0.611 bits per heavy atom. The van der Waals surface area contributed by atoms with E-state index >= 15 is 0 Å². The second kappa shape index (κ2) is 14.7. The molecule has 9 rings (SSSR count). The van der Waals surface area contributed by atoms with Crippen molar-refractivity contribution in [2.45, 2.75) is 0 Å². The minimum atomic E-state index is 0.928. The molecule has 0 bridgehead atoms. The quantitative estimate of drug-likeness (QED) is 0.159. The number of rotatable bonds is 8. The molecule has 0 atom stereocenters.